The minimum Gasteiger partial charge on any atom is -0.381 e. The topological polar surface area (TPSA) is 24.9 Å². The summed E-state index contributed by atoms with van der Waals surface area (Å²) in [5.74, 6) is 0. The van der Waals surface area contributed by atoms with Gasteiger partial charge in [-0.1, -0.05) is 12.1 Å². The molecule has 1 aromatic heterocycles. The first-order valence-electron chi connectivity index (χ1n) is 5.57. The third-order valence-electron chi connectivity index (χ3n) is 2.64. The van der Waals surface area contributed by atoms with Gasteiger partial charge in [0.2, 0.25) is 0 Å². The zero-order valence-corrected chi connectivity index (χ0v) is 12.2. The second-order valence-corrected chi connectivity index (χ2v) is 5.29. The molecule has 0 unspecified atom stereocenters. The van der Waals surface area contributed by atoms with Gasteiger partial charge in [0.15, 0.2) is 0 Å². The maximum absolute atomic E-state index is 4.28. The highest BCUT2D eigenvalue weighted by Gasteiger charge is 1.98. The molecule has 88 valence electrons. The lowest BCUT2D eigenvalue weighted by Gasteiger charge is -2.08. The van der Waals surface area contributed by atoms with Crippen molar-refractivity contribution in [1.29, 1.82) is 0 Å². The molecule has 0 atom stereocenters. The van der Waals surface area contributed by atoms with E-state index in [4.69, 9.17) is 0 Å². The largest absolute Gasteiger partial charge is 0.381 e. The van der Waals surface area contributed by atoms with Crippen LogP contribution in [0, 0.1) is 17.4 Å². The molecule has 0 spiro atoms. The van der Waals surface area contributed by atoms with E-state index >= 15 is 0 Å². The molecule has 0 amide bonds. The fourth-order valence-electron chi connectivity index (χ4n) is 1.51. The van der Waals surface area contributed by atoms with Gasteiger partial charge in [-0.15, -0.1) is 0 Å². The third-order valence-corrected chi connectivity index (χ3v) is 3.80. The Morgan fingerprint density at radius 3 is 2.65 bits per heavy atom. The monoisotopic (exact) mass is 338 g/mol. The second kappa shape index (κ2) is 5.49. The lowest BCUT2D eigenvalue weighted by Crippen LogP contribution is -2.00. The normalized spacial score (nSPS) is 10.3. The Kier molecular flexibility index (Phi) is 3.99. The van der Waals surface area contributed by atoms with E-state index in [0.717, 1.165) is 17.9 Å². The van der Waals surface area contributed by atoms with Crippen molar-refractivity contribution in [3.8, 4) is 0 Å². The van der Waals surface area contributed by atoms with Crippen molar-refractivity contribution >= 4 is 28.3 Å². The van der Waals surface area contributed by atoms with Crippen LogP contribution in [0.2, 0.25) is 0 Å². The van der Waals surface area contributed by atoms with Crippen LogP contribution in [0.15, 0.2) is 36.5 Å². The molecular formula is C14H15IN2. The predicted octanol–water partition coefficient (Wildman–Crippen LogP) is 3.92. The Morgan fingerprint density at radius 1 is 1.18 bits per heavy atom. The van der Waals surface area contributed by atoms with Crippen LogP contribution >= 0.6 is 22.6 Å². The summed E-state index contributed by atoms with van der Waals surface area (Å²) in [7, 11) is 0. The van der Waals surface area contributed by atoms with E-state index in [2.05, 4.69) is 64.1 Å². The molecule has 1 heterocycles. The highest BCUT2D eigenvalue weighted by atomic mass is 127. The lowest BCUT2D eigenvalue weighted by molar-refractivity contribution is 1.08. The molecule has 17 heavy (non-hydrogen) atoms. The van der Waals surface area contributed by atoms with Gasteiger partial charge in [-0.3, -0.25) is 4.98 Å². The van der Waals surface area contributed by atoms with Gasteiger partial charge < -0.3 is 5.32 Å². The van der Waals surface area contributed by atoms with E-state index in [1.807, 2.05) is 19.2 Å². The zero-order chi connectivity index (χ0) is 12.3. The van der Waals surface area contributed by atoms with Crippen LogP contribution in [0.4, 0.5) is 5.69 Å². The predicted molar refractivity (Wildman–Crippen MR) is 80.2 cm³/mol. The number of halogens is 1. The Labute approximate surface area is 116 Å². The Bertz CT molecular complexity index is 506. The minimum atomic E-state index is 0.812. The summed E-state index contributed by atoms with van der Waals surface area (Å²) in [5.41, 5.74) is 4.72. The molecule has 2 aromatic rings. The summed E-state index contributed by atoms with van der Waals surface area (Å²) in [6.45, 7) is 4.93. The van der Waals surface area contributed by atoms with Crippen LogP contribution in [0.25, 0.3) is 0 Å². The van der Waals surface area contributed by atoms with E-state index in [0.29, 0.717) is 0 Å². The van der Waals surface area contributed by atoms with Crippen LogP contribution in [-0.4, -0.2) is 4.98 Å². The first kappa shape index (κ1) is 12.4. The number of aromatic nitrogens is 1. The molecule has 0 aliphatic carbocycles. The van der Waals surface area contributed by atoms with Crippen molar-refractivity contribution in [2.45, 2.75) is 20.4 Å². The number of nitrogens with zero attached hydrogens (tertiary/aromatic N) is 1. The second-order valence-electron chi connectivity index (χ2n) is 4.13. The van der Waals surface area contributed by atoms with Gasteiger partial charge in [0.1, 0.15) is 0 Å². The number of aryl methyl sites for hydroxylation is 2. The molecule has 3 heteroatoms. The highest BCUT2D eigenvalue weighted by Crippen LogP contribution is 2.17. The first-order chi connectivity index (χ1) is 8.15. The molecule has 1 aromatic carbocycles. The van der Waals surface area contributed by atoms with Crippen molar-refractivity contribution in [1.82, 2.24) is 4.98 Å². The summed E-state index contributed by atoms with van der Waals surface area (Å²) in [6.07, 6.45) is 1.92. The van der Waals surface area contributed by atoms with E-state index in [1.165, 1.54) is 14.7 Å². The molecule has 1 N–H and O–H groups in total. The van der Waals surface area contributed by atoms with E-state index < -0.39 is 0 Å². The number of benzene rings is 1. The van der Waals surface area contributed by atoms with Crippen molar-refractivity contribution < 1.29 is 0 Å². The van der Waals surface area contributed by atoms with E-state index in [9.17, 15) is 0 Å². The summed E-state index contributed by atoms with van der Waals surface area (Å²) >= 11 is 2.36. The molecule has 0 saturated carbocycles. The number of rotatable bonds is 3. The van der Waals surface area contributed by atoms with Crippen LogP contribution in [0.1, 0.15) is 16.8 Å². The van der Waals surface area contributed by atoms with Gasteiger partial charge in [-0.2, -0.15) is 0 Å². The Balaban J connectivity index is 2.02. The summed E-state index contributed by atoms with van der Waals surface area (Å²) in [5, 5.41) is 3.40. The highest BCUT2D eigenvalue weighted by molar-refractivity contribution is 14.1. The average molecular weight is 338 g/mol. The molecule has 0 aliphatic heterocycles. The molecule has 0 fully saturated rings. The quantitative estimate of drug-likeness (QED) is 0.859. The van der Waals surface area contributed by atoms with Gasteiger partial charge in [0.05, 0.1) is 0 Å². The van der Waals surface area contributed by atoms with Crippen molar-refractivity contribution in [3.63, 3.8) is 0 Å². The number of hydrogen-bond donors (Lipinski definition) is 1. The maximum atomic E-state index is 4.28. The van der Waals surface area contributed by atoms with Crippen molar-refractivity contribution in [2.24, 2.45) is 0 Å². The fourth-order valence-corrected chi connectivity index (χ4v) is 2.03. The molecule has 0 aliphatic rings. The van der Waals surface area contributed by atoms with Crippen LogP contribution < -0.4 is 5.32 Å². The van der Waals surface area contributed by atoms with Gasteiger partial charge in [0, 0.05) is 27.7 Å². The minimum absolute atomic E-state index is 0.812. The van der Waals surface area contributed by atoms with E-state index in [-0.39, 0.29) is 0 Å². The number of pyridine rings is 1. The molecule has 2 rings (SSSR count). The van der Waals surface area contributed by atoms with Crippen LogP contribution in [0.5, 0.6) is 0 Å². The number of hydrogen-bond acceptors (Lipinski definition) is 2. The molecule has 0 bridgehead atoms. The smallest absolute Gasteiger partial charge is 0.0416 e. The standard InChI is InChI=1S/C14H15IN2/c1-10-3-6-13(7-14(10)15)17-9-12-5-4-11(2)16-8-12/h3-8,17H,9H2,1-2H3. The lowest BCUT2D eigenvalue weighted by atomic mass is 10.2. The van der Waals surface area contributed by atoms with Gasteiger partial charge in [-0.05, 0) is 65.8 Å². The SMILES string of the molecule is Cc1ccc(CNc2ccc(C)c(I)c2)cn1. The summed E-state index contributed by atoms with van der Waals surface area (Å²) in [6, 6.07) is 10.6. The Hall–Kier alpha value is -1.10. The number of nitrogens with one attached hydrogen (secondary N) is 1. The third kappa shape index (κ3) is 3.43. The molecule has 2 nitrogen and oxygen atoms in total. The fraction of sp³-hybridized carbons (Fsp3) is 0.214. The van der Waals surface area contributed by atoms with Gasteiger partial charge >= 0.3 is 0 Å². The van der Waals surface area contributed by atoms with Crippen LogP contribution in [0.3, 0.4) is 0 Å². The van der Waals surface area contributed by atoms with Gasteiger partial charge in [0.25, 0.3) is 0 Å². The molecule has 0 saturated heterocycles. The zero-order valence-electron chi connectivity index (χ0n) is 10.00. The maximum Gasteiger partial charge on any atom is 0.0416 e. The average Bonchev–Trinajstić information content (AvgIpc) is 2.33. The van der Waals surface area contributed by atoms with Crippen molar-refractivity contribution in [3.05, 3.63) is 56.9 Å². The Morgan fingerprint density at radius 2 is 2.00 bits per heavy atom. The summed E-state index contributed by atoms with van der Waals surface area (Å²) in [4.78, 5) is 4.28. The van der Waals surface area contributed by atoms with Crippen molar-refractivity contribution in [2.75, 3.05) is 5.32 Å². The molecular weight excluding hydrogens is 323 g/mol. The molecule has 0 radical (unpaired) electrons. The van der Waals surface area contributed by atoms with Gasteiger partial charge in [-0.25, -0.2) is 0 Å². The first-order valence-corrected chi connectivity index (χ1v) is 6.64. The summed E-state index contributed by atoms with van der Waals surface area (Å²) < 4.78 is 1.29. The van der Waals surface area contributed by atoms with E-state index in [1.54, 1.807) is 0 Å². The van der Waals surface area contributed by atoms with Crippen LogP contribution in [-0.2, 0) is 6.54 Å². The number of anilines is 1.